The van der Waals surface area contributed by atoms with E-state index in [-0.39, 0.29) is 0 Å². The number of fused-ring (bicyclic) bond motifs is 1. The molecule has 0 spiro atoms. The number of nitrogens with one attached hydrogen (secondary N) is 1. The van der Waals surface area contributed by atoms with E-state index in [1.165, 1.54) is 0 Å². The van der Waals surface area contributed by atoms with Crippen molar-refractivity contribution >= 4 is 22.6 Å². The van der Waals surface area contributed by atoms with Gasteiger partial charge in [-0.15, -0.1) is 0 Å². The molecule has 2 heterocycles. The zero-order valence-electron chi connectivity index (χ0n) is 14.5. The van der Waals surface area contributed by atoms with Crippen LogP contribution in [0.15, 0.2) is 34.9 Å². The summed E-state index contributed by atoms with van der Waals surface area (Å²) >= 11 is 6.13. The van der Waals surface area contributed by atoms with Crippen LogP contribution >= 0.6 is 11.6 Å². The van der Waals surface area contributed by atoms with Gasteiger partial charge in [-0.25, -0.2) is 4.98 Å². The van der Waals surface area contributed by atoms with Gasteiger partial charge in [-0.1, -0.05) is 17.3 Å². The van der Waals surface area contributed by atoms with Crippen molar-refractivity contribution in [1.29, 1.82) is 5.26 Å². The molecule has 0 unspecified atom stereocenters. The quantitative estimate of drug-likeness (QED) is 0.522. The smallest absolute Gasteiger partial charge is 0.201 e. The predicted octanol–water partition coefficient (Wildman–Crippen LogP) is 5.34. The lowest BCUT2D eigenvalue weighted by atomic mass is 9.92. The Balaban J connectivity index is 2.08. The number of nitriles is 1. The molecule has 128 valence electrons. The van der Waals surface area contributed by atoms with Crippen molar-refractivity contribution < 1.29 is 4.52 Å². The van der Waals surface area contributed by atoms with Crippen LogP contribution in [0.25, 0.3) is 33.3 Å². The molecule has 0 fully saturated rings. The van der Waals surface area contributed by atoms with Crippen LogP contribution < -0.4 is 0 Å². The lowest BCUT2D eigenvalue weighted by Gasteiger charge is -2.11. The van der Waals surface area contributed by atoms with E-state index >= 15 is 0 Å². The third kappa shape index (κ3) is 2.47. The molecule has 4 aromatic rings. The number of nitrogens with zero attached hydrogens (tertiary/aromatic N) is 3. The summed E-state index contributed by atoms with van der Waals surface area (Å²) < 4.78 is 5.33. The Labute approximate surface area is 155 Å². The monoisotopic (exact) mass is 362 g/mol. The number of aromatic amines is 1. The van der Waals surface area contributed by atoms with E-state index in [4.69, 9.17) is 16.1 Å². The summed E-state index contributed by atoms with van der Waals surface area (Å²) in [6.07, 6.45) is 0. The average molecular weight is 363 g/mol. The zero-order chi connectivity index (χ0) is 18.4. The van der Waals surface area contributed by atoms with E-state index in [0.29, 0.717) is 10.8 Å². The Bertz CT molecular complexity index is 1180. The molecule has 5 nitrogen and oxygen atoms in total. The molecule has 2 aromatic carbocycles. The predicted molar refractivity (Wildman–Crippen MR) is 101 cm³/mol. The van der Waals surface area contributed by atoms with Gasteiger partial charge in [0.15, 0.2) is 0 Å². The Kier molecular flexibility index (Phi) is 3.78. The van der Waals surface area contributed by atoms with Crippen molar-refractivity contribution in [3.8, 4) is 28.3 Å². The van der Waals surface area contributed by atoms with E-state index < -0.39 is 0 Å². The molecule has 0 aliphatic carbocycles. The Morgan fingerprint density at radius 1 is 1.15 bits per heavy atom. The summed E-state index contributed by atoms with van der Waals surface area (Å²) in [7, 11) is 0. The SMILES string of the molecule is Cc1noc(C)c1-c1cc(-c2cccc(C#N)c2C)c2nc(Cl)[nH]c2c1. The number of aromatic nitrogens is 3. The molecule has 26 heavy (non-hydrogen) atoms. The highest BCUT2D eigenvalue weighted by atomic mass is 35.5. The summed E-state index contributed by atoms with van der Waals surface area (Å²) in [5, 5.41) is 13.8. The van der Waals surface area contributed by atoms with Gasteiger partial charge in [-0.2, -0.15) is 5.26 Å². The van der Waals surface area contributed by atoms with E-state index in [0.717, 1.165) is 50.3 Å². The molecule has 2 aromatic heterocycles. The standard InChI is InChI=1S/C20H15ClN4O/c1-10-13(9-22)5-4-6-15(10)16-7-14(18-11(2)25-26-12(18)3)8-17-19(16)24-20(21)23-17/h4-8H,1-3H3,(H,23,24). The van der Waals surface area contributed by atoms with Gasteiger partial charge in [-0.05, 0) is 67.3 Å². The summed E-state index contributed by atoms with van der Waals surface area (Å²) in [6.45, 7) is 5.74. The van der Waals surface area contributed by atoms with Gasteiger partial charge in [-0.3, -0.25) is 0 Å². The van der Waals surface area contributed by atoms with Crippen LogP contribution in [-0.2, 0) is 0 Å². The fraction of sp³-hybridized carbons (Fsp3) is 0.150. The molecule has 4 rings (SSSR count). The second-order valence-electron chi connectivity index (χ2n) is 6.24. The van der Waals surface area contributed by atoms with E-state index in [2.05, 4.69) is 27.3 Å². The summed E-state index contributed by atoms with van der Waals surface area (Å²) in [5.74, 6) is 0.751. The second-order valence-corrected chi connectivity index (χ2v) is 6.59. The van der Waals surface area contributed by atoms with Crippen LogP contribution in [0.2, 0.25) is 5.28 Å². The van der Waals surface area contributed by atoms with Crippen LogP contribution in [0, 0.1) is 32.1 Å². The van der Waals surface area contributed by atoms with Crippen molar-refractivity contribution in [2.24, 2.45) is 0 Å². The molecule has 0 saturated carbocycles. The summed E-state index contributed by atoms with van der Waals surface area (Å²) in [5.41, 5.74) is 7.74. The topological polar surface area (TPSA) is 78.5 Å². The molecule has 0 atom stereocenters. The molecule has 0 saturated heterocycles. The first-order chi connectivity index (χ1) is 12.5. The molecule has 1 N–H and O–H groups in total. The lowest BCUT2D eigenvalue weighted by molar-refractivity contribution is 0.393. The number of halogens is 1. The minimum Gasteiger partial charge on any atom is -0.361 e. The number of rotatable bonds is 2. The van der Waals surface area contributed by atoms with Gasteiger partial charge in [0, 0.05) is 11.1 Å². The van der Waals surface area contributed by atoms with Crippen LogP contribution in [0.5, 0.6) is 0 Å². The molecule has 0 radical (unpaired) electrons. The molecular formula is C20H15ClN4O. The number of H-pyrrole nitrogens is 1. The fourth-order valence-corrected chi connectivity index (χ4v) is 3.57. The van der Waals surface area contributed by atoms with E-state index in [1.807, 2.05) is 45.0 Å². The first-order valence-electron chi connectivity index (χ1n) is 8.12. The molecule has 0 bridgehead atoms. The highest BCUT2D eigenvalue weighted by Crippen LogP contribution is 2.37. The highest BCUT2D eigenvalue weighted by Gasteiger charge is 2.18. The van der Waals surface area contributed by atoms with Crippen molar-refractivity contribution in [3.05, 3.63) is 58.2 Å². The van der Waals surface area contributed by atoms with Crippen LogP contribution in [0.1, 0.15) is 22.6 Å². The fourth-order valence-electron chi connectivity index (χ4n) is 3.38. The van der Waals surface area contributed by atoms with E-state index in [9.17, 15) is 5.26 Å². The summed E-state index contributed by atoms with van der Waals surface area (Å²) in [6, 6.07) is 12.0. The van der Waals surface area contributed by atoms with Crippen LogP contribution in [0.4, 0.5) is 0 Å². The van der Waals surface area contributed by atoms with Gasteiger partial charge in [0.25, 0.3) is 0 Å². The van der Waals surface area contributed by atoms with Gasteiger partial charge < -0.3 is 9.51 Å². The maximum atomic E-state index is 9.37. The summed E-state index contributed by atoms with van der Waals surface area (Å²) in [4.78, 5) is 7.54. The minimum atomic E-state index is 0.325. The van der Waals surface area contributed by atoms with Crippen LogP contribution in [0.3, 0.4) is 0 Å². The van der Waals surface area contributed by atoms with Crippen molar-refractivity contribution in [2.75, 3.05) is 0 Å². The van der Waals surface area contributed by atoms with Crippen LogP contribution in [-0.4, -0.2) is 15.1 Å². The van der Waals surface area contributed by atoms with Gasteiger partial charge in [0.05, 0.1) is 28.4 Å². The van der Waals surface area contributed by atoms with Gasteiger partial charge in [0.2, 0.25) is 5.28 Å². The Morgan fingerprint density at radius 2 is 1.96 bits per heavy atom. The maximum Gasteiger partial charge on any atom is 0.201 e. The first kappa shape index (κ1) is 16.4. The third-order valence-electron chi connectivity index (χ3n) is 4.62. The van der Waals surface area contributed by atoms with Crippen molar-refractivity contribution in [1.82, 2.24) is 15.1 Å². The normalized spacial score (nSPS) is 11.0. The number of aryl methyl sites for hydroxylation is 2. The van der Waals surface area contributed by atoms with Gasteiger partial charge in [0.1, 0.15) is 5.76 Å². The maximum absolute atomic E-state index is 9.37. The Morgan fingerprint density at radius 3 is 2.65 bits per heavy atom. The molecular weight excluding hydrogens is 348 g/mol. The van der Waals surface area contributed by atoms with Crippen molar-refractivity contribution in [3.63, 3.8) is 0 Å². The lowest BCUT2D eigenvalue weighted by Crippen LogP contribution is -1.91. The average Bonchev–Trinajstić information content (AvgIpc) is 3.15. The number of benzene rings is 2. The number of hydrogen-bond acceptors (Lipinski definition) is 4. The largest absolute Gasteiger partial charge is 0.361 e. The Hall–Kier alpha value is -3.10. The second kappa shape index (κ2) is 6.01. The minimum absolute atomic E-state index is 0.325. The van der Waals surface area contributed by atoms with E-state index in [1.54, 1.807) is 0 Å². The number of imidazole rings is 1. The molecule has 0 aliphatic heterocycles. The third-order valence-corrected chi connectivity index (χ3v) is 4.80. The molecule has 0 aliphatic rings. The zero-order valence-corrected chi connectivity index (χ0v) is 15.3. The molecule has 6 heteroatoms. The van der Waals surface area contributed by atoms with Gasteiger partial charge >= 0.3 is 0 Å². The highest BCUT2D eigenvalue weighted by molar-refractivity contribution is 6.29. The first-order valence-corrected chi connectivity index (χ1v) is 8.50. The van der Waals surface area contributed by atoms with Crippen molar-refractivity contribution in [2.45, 2.75) is 20.8 Å². The number of hydrogen-bond donors (Lipinski definition) is 1. The molecule has 0 amide bonds.